The molecule has 1 aliphatic rings. The molecule has 0 nitrogen and oxygen atoms in total. The zero-order valence-corrected chi connectivity index (χ0v) is 8.73. The summed E-state index contributed by atoms with van der Waals surface area (Å²) in [6, 6.07) is 0. The van der Waals surface area contributed by atoms with Crippen LogP contribution in [-0.4, -0.2) is 8.86 Å². The molecule has 0 spiro atoms. The van der Waals surface area contributed by atoms with E-state index >= 15 is 0 Å². The minimum absolute atomic E-state index is 0.623. The van der Waals surface area contributed by atoms with Gasteiger partial charge in [-0.2, -0.15) is 0 Å². The van der Waals surface area contributed by atoms with Gasteiger partial charge in [-0.1, -0.05) is 0 Å². The summed E-state index contributed by atoms with van der Waals surface area (Å²) in [5, 5.41) is 0. The first-order valence-corrected chi connectivity index (χ1v) is 8.09. The Labute approximate surface area is 70.8 Å². The molecule has 0 amide bonds. The van der Waals surface area contributed by atoms with Crippen LogP contribution in [0.1, 0.15) is 19.8 Å². The van der Waals surface area contributed by atoms with Crippen molar-refractivity contribution in [2.45, 2.75) is 19.8 Å². The maximum atomic E-state index is 3.63. The summed E-state index contributed by atoms with van der Waals surface area (Å²) in [5.74, 6) is 0.992. The van der Waals surface area contributed by atoms with E-state index in [0.717, 1.165) is 5.92 Å². The van der Waals surface area contributed by atoms with E-state index in [1.54, 1.807) is 0 Å². The van der Waals surface area contributed by atoms with Crippen LogP contribution in [0.2, 0.25) is 0 Å². The molecular formula is C9H15I. The molecule has 0 aliphatic carbocycles. The Morgan fingerprint density at radius 3 is 2.60 bits per heavy atom. The van der Waals surface area contributed by atoms with Gasteiger partial charge in [0.05, 0.1) is 0 Å². The van der Waals surface area contributed by atoms with Gasteiger partial charge in [-0.15, -0.1) is 0 Å². The van der Waals surface area contributed by atoms with Gasteiger partial charge in [0, 0.05) is 0 Å². The maximum absolute atomic E-state index is 3.63. The molecule has 1 saturated heterocycles. The third kappa shape index (κ3) is 2.47. The fraction of sp³-hybridized carbons (Fsp3) is 0.667. The van der Waals surface area contributed by atoms with Gasteiger partial charge in [0.15, 0.2) is 0 Å². The monoisotopic (exact) mass is 250 g/mol. The first-order valence-electron chi connectivity index (χ1n) is 3.79. The zero-order valence-electron chi connectivity index (χ0n) is 6.57. The number of hydrogen-bond donors (Lipinski definition) is 0. The number of rotatable bonds is 1. The molecule has 1 heterocycles. The molecule has 0 bridgehead atoms. The second kappa shape index (κ2) is 4.20. The Bertz CT molecular complexity index is 137. The normalized spacial score (nSPS) is 23.9. The first kappa shape index (κ1) is 8.35. The number of hydrogen-bond acceptors (Lipinski definition) is 0. The van der Waals surface area contributed by atoms with Crippen molar-refractivity contribution in [3.05, 3.63) is 16.4 Å². The molecule has 0 atom stereocenters. The van der Waals surface area contributed by atoms with Crippen molar-refractivity contribution in [1.29, 1.82) is 0 Å². The molecule has 0 aromatic carbocycles. The second-order valence-corrected chi connectivity index (χ2v) is 8.49. The predicted octanol–water partition coefficient (Wildman–Crippen LogP) is 3.22. The van der Waals surface area contributed by atoms with Crippen LogP contribution >= 0.6 is 19.8 Å². The van der Waals surface area contributed by atoms with Crippen molar-refractivity contribution in [2.75, 3.05) is 8.86 Å². The molecule has 10 heavy (non-hydrogen) atoms. The Hall–Kier alpha value is 0.250. The third-order valence-corrected chi connectivity index (χ3v) is 7.26. The van der Waals surface area contributed by atoms with E-state index in [2.05, 4.69) is 23.3 Å². The summed E-state index contributed by atoms with van der Waals surface area (Å²) in [7, 11) is 0. The Balaban J connectivity index is 2.32. The van der Waals surface area contributed by atoms with E-state index in [-0.39, 0.29) is 0 Å². The zero-order chi connectivity index (χ0) is 7.40. The standard InChI is InChI=1S/C9H15I/c1-3-6-10-7-4-9(2)5-8-10/h6,9H,1,4-5,7-8H2,2H3. The minimum atomic E-state index is -0.623. The van der Waals surface area contributed by atoms with E-state index in [1.807, 2.05) is 0 Å². The van der Waals surface area contributed by atoms with Crippen molar-refractivity contribution in [3.8, 4) is 0 Å². The van der Waals surface area contributed by atoms with Crippen molar-refractivity contribution >= 4 is 19.8 Å². The van der Waals surface area contributed by atoms with Crippen molar-refractivity contribution in [2.24, 2.45) is 5.92 Å². The van der Waals surface area contributed by atoms with E-state index < -0.39 is 19.8 Å². The fourth-order valence-corrected chi connectivity index (χ4v) is 6.62. The summed E-state index contributed by atoms with van der Waals surface area (Å²) in [5.41, 5.74) is 2.95. The third-order valence-electron chi connectivity index (χ3n) is 1.92. The molecular weight excluding hydrogens is 235 g/mol. The molecule has 0 saturated carbocycles. The Morgan fingerprint density at radius 2 is 2.10 bits per heavy atom. The van der Waals surface area contributed by atoms with Gasteiger partial charge in [0.25, 0.3) is 0 Å². The SMILES string of the molecule is C=C=CI1CCC(C)CC1. The van der Waals surface area contributed by atoms with Crippen LogP contribution < -0.4 is 0 Å². The quantitative estimate of drug-likeness (QED) is 0.381. The van der Waals surface area contributed by atoms with Gasteiger partial charge in [0.1, 0.15) is 0 Å². The van der Waals surface area contributed by atoms with E-state index in [0.29, 0.717) is 0 Å². The topological polar surface area (TPSA) is 0 Å². The van der Waals surface area contributed by atoms with Crippen molar-refractivity contribution in [1.82, 2.24) is 0 Å². The predicted molar refractivity (Wildman–Crippen MR) is 55.9 cm³/mol. The van der Waals surface area contributed by atoms with E-state index in [4.69, 9.17) is 0 Å². The summed E-state index contributed by atoms with van der Waals surface area (Å²) in [6.07, 6.45) is 2.92. The molecule has 1 heteroatoms. The summed E-state index contributed by atoms with van der Waals surface area (Å²) in [4.78, 5) is 0. The molecule has 1 rings (SSSR count). The molecule has 0 aromatic heterocycles. The Morgan fingerprint density at radius 1 is 1.50 bits per heavy atom. The molecule has 0 radical (unpaired) electrons. The van der Waals surface area contributed by atoms with Gasteiger partial charge in [-0.3, -0.25) is 0 Å². The molecule has 1 fully saturated rings. The summed E-state index contributed by atoms with van der Waals surface area (Å²) < 4.78 is 5.30. The van der Waals surface area contributed by atoms with Crippen molar-refractivity contribution in [3.63, 3.8) is 0 Å². The average molecular weight is 250 g/mol. The van der Waals surface area contributed by atoms with Gasteiger partial charge in [-0.05, 0) is 0 Å². The van der Waals surface area contributed by atoms with Crippen LogP contribution in [-0.2, 0) is 0 Å². The van der Waals surface area contributed by atoms with Crippen LogP contribution in [0, 0.1) is 5.92 Å². The summed E-state index contributed by atoms with van der Waals surface area (Å²) >= 11 is -0.623. The fourth-order valence-electron chi connectivity index (χ4n) is 1.11. The number of alkyl halides is 2. The van der Waals surface area contributed by atoms with Crippen molar-refractivity contribution < 1.29 is 0 Å². The van der Waals surface area contributed by atoms with E-state index in [9.17, 15) is 0 Å². The van der Waals surface area contributed by atoms with Crippen LogP contribution in [0.4, 0.5) is 0 Å². The number of halogens is 1. The molecule has 0 N–H and O–H groups in total. The van der Waals surface area contributed by atoms with Crippen LogP contribution in [0.15, 0.2) is 16.4 Å². The Kier molecular flexibility index (Phi) is 3.50. The summed E-state index contributed by atoms with van der Waals surface area (Å²) in [6.45, 7) is 6.00. The van der Waals surface area contributed by atoms with Gasteiger partial charge < -0.3 is 0 Å². The van der Waals surface area contributed by atoms with E-state index in [1.165, 1.54) is 21.7 Å². The van der Waals surface area contributed by atoms with Crippen LogP contribution in [0.25, 0.3) is 0 Å². The van der Waals surface area contributed by atoms with Crippen LogP contribution in [0.3, 0.4) is 0 Å². The molecule has 0 unspecified atom stereocenters. The molecule has 58 valence electrons. The van der Waals surface area contributed by atoms with Gasteiger partial charge >= 0.3 is 70.8 Å². The molecule has 1 aliphatic heterocycles. The second-order valence-electron chi connectivity index (χ2n) is 2.87. The average Bonchev–Trinajstić information content (AvgIpc) is 1.95. The first-order chi connectivity index (χ1) is 4.83. The van der Waals surface area contributed by atoms with Crippen LogP contribution in [0.5, 0.6) is 0 Å². The van der Waals surface area contributed by atoms with Gasteiger partial charge in [0.2, 0.25) is 0 Å². The van der Waals surface area contributed by atoms with Gasteiger partial charge in [-0.25, -0.2) is 0 Å². The molecule has 0 aromatic rings.